The third kappa shape index (κ3) is 3.36. The van der Waals surface area contributed by atoms with Crippen molar-refractivity contribution in [3.05, 3.63) is 48.8 Å². The number of aliphatic hydroxyl groups excluding tert-OH is 1. The molecule has 6 nitrogen and oxygen atoms in total. The lowest BCUT2D eigenvalue weighted by Gasteiger charge is -2.13. The van der Waals surface area contributed by atoms with Crippen LogP contribution in [0, 0.1) is 5.92 Å². The highest BCUT2D eigenvalue weighted by Crippen LogP contribution is 2.34. The summed E-state index contributed by atoms with van der Waals surface area (Å²) in [7, 11) is 0. The Bertz CT molecular complexity index is 939. The number of benzene rings is 1. The van der Waals surface area contributed by atoms with Gasteiger partial charge in [-0.25, -0.2) is 9.97 Å². The lowest BCUT2D eigenvalue weighted by molar-refractivity contribution is -0.117. The summed E-state index contributed by atoms with van der Waals surface area (Å²) in [4.78, 5) is 21.0. The summed E-state index contributed by atoms with van der Waals surface area (Å²) in [6.45, 7) is 0.430. The summed E-state index contributed by atoms with van der Waals surface area (Å²) in [5, 5.41) is 16.9. The zero-order chi connectivity index (χ0) is 17.9. The Morgan fingerprint density at radius 3 is 2.65 bits per heavy atom. The number of anilines is 2. The second-order valence-electron chi connectivity index (χ2n) is 6.42. The highest BCUT2D eigenvalue weighted by atomic mass is 16.3. The first-order chi connectivity index (χ1) is 12.8. The van der Waals surface area contributed by atoms with E-state index in [9.17, 15) is 4.79 Å². The molecule has 1 saturated carbocycles. The van der Waals surface area contributed by atoms with Gasteiger partial charge in [0.1, 0.15) is 11.6 Å². The zero-order valence-electron chi connectivity index (χ0n) is 14.3. The average Bonchev–Trinajstić information content (AvgIpc) is 3.52. The van der Waals surface area contributed by atoms with E-state index in [0.29, 0.717) is 18.2 Å². The molecule has 0 atom stereocenters. The highest BCUT2D eigenvalue weighted by molar-refractivity contribution is 6.03. The van der Waals surface area contributed by atoms with Gasteiger partial charge in [-0.05, 0) is 29.9 Å². The van der Waals surface area contributed by atoms with Crippen LogP contribution < -0.4 is 10.6 Å². The molecular weight excluding hydrogens is 328 g/mol. The smallest absolute Gasteiger partial charge is 0.228 e. The quantitative estimate of drug-likeness (QED) is 0.637. The van der Waals surface area contributed by atoms with Crippen molar-refractivity contribution in [3.63, 3.8) is 0 Å². The van der Waals surface area contributed by atoms with Crippen LogP contribution >= 0.6 is 0 Å². The van der Waals surface area contributed by atoms with E-state index in [-0.39, 0.29) is 18.4 Å². The molecule has 3 aromatic rings. The predicted molar refractivity (Wildman–Crippen MR) is 102 cm³/mol. The summed E-state index contributed by atoms with van der Waals surface area (Å²) in [5.74, 6) is 1.37. The topological polar surface area (TPSA) is 87.1 Å². The summed E-state index contributed by atoms with van der Waals surface area (Å²) in [5.41, 5.74) is 2.02. The van der Waals surface area contributed by atoms with Gasteiger partial charge < -0.3 is 15.7 Å². The Hall–Kier alpha value is -2.99. The van der Waals surface area contributed by atoms with Gasteiger partial charge in [-0.3, -0.25) is 4.79 Å². The molecule has 0 unspecified atom stereocenters. The van der Waals surface area contributed by atoms with Crippen molar-refractivity contribution in [1.29, 1.82) is 0 Å². The number of aliphatic hydroxyl groups is 1. The molecule has 1 amide bonds. The van der Waals surface area contributed by atoms with Gasteiger partial charge in [-0.2, -0.15) is 0 Å². The molecule has 132 valence electrons. The monoisotopic (exact) mass is 348 g/mol. The van der Waals surface area contributed by atoms with Crippen molar-refractivity contribution >= 4 is 28.3 Å². The van der Waals surface area contributed by atoms with Crippen LogP contribution in [0.2, 0.25) is 0 Å². The molecule has 0 saturated heterocycles. The van der Waals surface area contributed by atoms with E-state index >= 15 is 0 Å². The molecule has 2 aromatic heterocycles. The number of hydrogen-bond acceptors (Lipinski definition) is 5. The van der Waals surface area contributed by atoms with Crippen molar-refractivity contribution in [2.45, 2.75) is 12.8 Å². The van der Waals surface area contributed by atoms with E-state index in [1.54, 1.807) is 6.20 Å². The number of aromatic nitrogens is 2. The molecule has 1 aliphatic rings. The van der Waals surface area contributed by atoms with Crippen LogP contribution in [0.25, 0.3) is 21.9 Å². The van der Waals surface area contributed by atoms with Gasteiger partial charge in [-0.1, -0.05) is 30.3 Å². The molecule has 6 heteroatoms. The van der Waals surface area contributed by atoms with Gasteiger partial charge in [0.25, 0.3) is 0 Å². The number of nitrogens with zero attached hydrogens (tertiary/aromatic N) is 2. The Kier molecular flexibility index (Phi) is 4.50. The fourth-order valence-electron chi connectivity index (χ4n) is 2.94. The maximum atomic E-state index is 12.1. The van der Waals surface area contributed by atoms with Crippen molar-refractivity contribution < 1.29 is 9.90 Å². The normalized spacial score (nSPS) is 13.6. The van der Waals surface area contributed by atoms with Gasteiger partial charge in [0.15, 0.2) is 0 Å². The number of hydrogen-bond donors (Lipinski definition) is 3. The maximum Gasteiger partial charge on any atom is 0.228 e. The molecule has 0 spiro atoms. The van der Waals surface area contributed by atoms with Crippen LogP contribution in [0.3, 0.4) is 0 Å². The molecule has 0 aliphatic heterocycles. The molecule has 3 N–H and O–H groups in total. The summed E-state index contributed by atoms with van der Waals surface area (Å²) < 4.78 is 0. The Labute approximate surface area is 151 Å². The van der Waals surface area contributed by atoms with Gasteiger partial charge >= 0.3 is 0 Å². The molecular formula is C20H20N4O2. The number of nitrogens with one attached hydrogen (secondary N) is 2. The molecule has 1 fully saturated rings. The average molecular weight is 348 g/mol. The van der Waals surface area contributed by atoms with Crippen molar-refractivity contribution in [2.75, 3.05) is 23.8 Å². The van der Waals surface area contributed by atoms with E-state index in [2.05, 4.69) is 20.6 Å². The second kappa shape index (κ2) is 7.09. The minimum absolute atomic E-state index is 0.0204. The molecule has 1 aromatic carbocycles. The van der Waals surface area contributed by atoms with Gasteiger partial charge in [0.05, 0.1) is 6.61 Å². The zero-order valence-corrected chi connectivity index (χ0v) is 14.3. The van der Waals surface area contributed by atoms with Gasteiger partial charge in [0, 0.05) is 35.8 Å². The fraction of sp³-hybridized carbons (Fsp3) is 0.250. The first-order valence-electron chi connectivity index (χ1n) is 8.76. The SMILES string of the molecule is O=C(Nc1cc2c(-c3ccccc3)cnc(NCCO)c2cn1)C1CC1. The van der Waals surface area contributed by atoms with Crippen LogP contribution in [-0.2, 0) is 4.79 Å². The molecule has 26 heavy (non-hydrogen) atoms. The van der Waals surface area contributed by atoms with Crippen molar-refractivity contribution in [2.24, 2.45) is 5.92 Å². The van der Waals surface area contributed by atoms with Crippen LogP contribution in [0.5, 0.6) is 0 Å². The first kappa shape index (κ1) is 16.5. The van der Waals surface area contributed by atoms with Crippen LogP contribution in [0.1, 0.15) is 12.8 Å². The van der Waals surface area contributed by atoms with E-state index in [0.717, 1.165) is 34.7 Å². The van der Waals surface area contributed by atoms with Gasteiger partial charge in [0.2, 0.25) is 5.91 Å². The van der Waals surface area contributed by atoms with Crippen LogP contribution in [0.4, 0.5) is 11.6 Å². The Morgan fingerprint density at radius 2 is 1.92 bits per heavy atom. The number of amides is 1. The summed E-state index contributed by atoms with van der Waals surface area (Å²) in [6.07, 6.45) is 5.43. The van der Waals surface area contributed by atoms with Gasteiger partial charge in [-0.15, -0.1) is 0 Å². The number of rotatable bonds is 6. The lowest BCUT2D eigenvalue weighted by atomic mass is 10.0. The standard InChI is InChI=1S/C20H20N4O2/c25-9-8-21-19-17-12-22-18(24-20(26)14-6-7-14)10-15(17)16(11-23-19)13-4-2-1-3-5-13/h1-5,10-12,14,25H,6-9H2,(H,21,23)(H,22,24,26). The molecule has 1 aliphatic carbocycles. The number of pyridine rings is 2. The van der Waals surface area contributed by atoms with E-state index in [1.165, 1.54) is 0 Å². The largest absolute Gasteiger partial charge is 0.395 e. The van der Waals surface area contributed by atoms with E-state index in [1.807, 2.05) is 42.6 Å². The van der Waals surface area contributed by atoms with Crippen LogP contribution in [-0.4, -0.2) is 34.1 Å². The van der Waals surface area contributed by atoms with E-state index in [4.69, 9.17) is 5.11 Å². The third-order valence-electron chi connectivity index (χ3n) is 4.46. The minimum atomic E-state index is 0.0204. The molecule has 0 radical (unpaired) electrons. The Morgan fingerprint density at radius 1 is 1.12 bits per heavy atom. The molecule has 2 heterocycles. The maximum absolute atomic E-state index is 12.1. The second-order valence-corrected chi connectivity index (χ2v) is 6.42. The number of carbonyl (C=O) groups is 1. The van der Waals surface area contributed by atoms with Crippen molar-refractivity contribution in [1.82, 2.24) is 9.97 Å². The third-order valence-corrected chi connectivity index (χ3v) is 4.46. The summed E-state index contributed by atoms with van der Waals surface area (Å²) >= 11 is 0. The fourth-order valence-corrected chi connectivity index (χ4v) is 2.94. The number of fused-ring (bicyclic) bond motifs is 1. The van der Waals surface area contributed by atoms with Crippen molar-refractivity contribution in [3.8, 4) is 11.1 Å². The molecule has 0 bridgehead atoms. The first-order valence-corrected chi connectivity index (χ1v) is 8.76. The predicted octanol–water partition coefficient (Wildman–Crippen LogP) is 3.05. The minimum Gasteiger partial charge on any atom is -0.395 e. The summed E-state index contributed by atoms with van der Waals surface area (Å²) in [6, 6.07) is 11.9. The Balaban J connectivity index is 1.79. The highest BCUT2D eigenvalue weighted by Gasteiger charge is 2.29. The lowest BCUT2D eigenvalue weighted by Crippen LogP contribution is -2.14. The number of carbonyl (C=O) groups excluding carboxylic acids is 1. The molecule has 4 rings (SSSR count). The van der Waals surface area contributed by atoms with E-state index < -0.39 is 0 Å². The van der Waals surface area contributed by atoms with Crippen LogP contribution in [0.15, 0.2) is 48.8 Å².